The molecule has 4 rings (SSSR count). The van der Waals surface area contributed by atoms with E-state index in [0.717, 1.165) is 21.1 Å². The molecule has 9 heteroatoms. The van der Waals surface area contributed by atoms with E-state index >= 15 is 0 Å². The first-order valence-corrected chi connectivity index (χ1v) is 10.3. The molecule has 0 bridgehead atoms. The lowest BCUT2D eigenvalue weighted by Crippen LogP contribution is -2.27. The van der Waals surface area contributed by atoms with Crippen molar-refractivity contribution in [1.82, 2.24) is 15.0 Å². The Morgan fingerprint density at radius 1 is 1.00 bits per heavy atom. The van der Waals surface area contributed by atoms with E-state index in [9.17, 15) is 12.8 Å². The topological polar surface area (TPSA) is 85.3 Å². The van der Waals surface area contributed by atoms with Gasteiger partial charge in [0, 0.05) is 36.1 Å². The maximum atomic E-state index is 14.1. The van der Waals surface area contributed by atoms with Gasteiger partial charge in [-0.1, -0.05) is 6.07 Å². The second-order valence-corrected chi connectivity index (χ2v) is 8.28. The quantitative estimate of drug-likeness (QED) is 0.481. The van der Waals surface area contributed by atoms with Gasteiger partial charge < -0.3 is 4.74 Å². The van der Waals surface area contributed by atoms with Crippen LogP contribution in [-0.2, 0) is 10.0 Å². The van der Waals surface area contributed by atoms with Gasteiger partial charge in [0.15, 0.2) is 5.82 Å². The maximum Gasteiger partial charge on any atom is 0.270 e. The zero-order chi connectivity index (χ0) is 21.3. The third-order valence-corrected chi connectivity index (χ3v) is 6.32. The molecule has 2 heterocycles. The summed E-state index contributed by atoms with van der Waals surface area (Å²) in [6.07, 6.45) is 5.92. The number of nitrogens with zero attached hydrogens (tertiary/aromatic N) is 4. The van der Waals surface area contributed by atoms with Crippen molar-refractivity contribution in [3.8, 4) is 5.75 Å². The molecular formula is C21H17FN4O3S. The number of halogens is 1. The summed E-state index contributed by atoms with van der Waals surface area (Å²) in [6.45, 7) is 1.55. The Morgan fingerprint density at radius 2 is 1.80 bits per heavy atom. The molecule has 2 aromatic carbocycles. The predicted molar refractivity (Wildman–Crippen MR) is 111 cm³/mol. The molecule has 0 N–H and O–H groups in total. The van der Waals surface area contributed by atoms with Crippen molar-refractivity contribution >= 4 is 32.3 Å². The summed E-state index contributed by atoms with van der Waals surface area (Å²) in [4.78, 5) is 12.1. The summed E-state index contributed by atoms with van der Waals surface area (Å²) >= 11 is 0. The second kappa shape index (κ2) is 7.68. The molecule has 0 fully saturated rings. The highest BCUT2D eigenvalue weighted by Crippen LogP contribution is 2.39. The molecule has 30 heavy (non-hydrogen) atoms. The zero-order valence-electron chi connectivity index (χ0n) is 16.2. The van der Waals surface area contributed by atoms with E-state index < -0.39 is 15.8 Å². The van der Waals surface area contributed by atoms with Crippen molar-refractivity contribution in [3.63, 3.8) is 0 Å². The number of sulfonamides is 1. The molecule has 0 saturated heterocycles. The Hall–Kier alpha value is -3.59. The van der Waals surface area contributed by atoms with Crippen molar-refractivity contribution in [2.24, 2.45) is 0 Å². The van der Waals surface area contributed by atoms with Crippen LogP contribution in [0, 0.1) is 12.7 Å². The summed E-state index contributed by atoms with van der Waals surface area (Å²) < 4.78 is 47.9. The average molecular weight is 424 g/mol. The van der Waals surface area contributed by atoms with Crippen LogP contribution >= 0.6 is 0 Å². The number of pyridine rings is 1. The Labute approximate surface area is 172 Å². The van der Waals surface area contributed by atoms with E-state index in [0.29, 0.717) is 0 Å². The van der Waals surface area contributed by atoms with Gasteiger partial charge in [0.05, 0.1) is 12.0 Å². The summed E-state index contributed by atoms with van der Waals surface area (Å²) in [5.74, 6) is -0.344. The highest BCUT2D eigenvalue weighted by atomic mass is 32.2. The molecule has 0 radical (unpaired) electrons. The van der Waals surface area contributed by atoms with Crippen LogP contribution in [0.1, 0.15) is 5.56 Å². The van der Waals surface area contributed by atoms with Crippen LogP contribution < -0.4 is 9.04 Å². The largest absolute Gasteiger partial charge is 0.494 e. The third kappa shape index (κ3) is 3.43. The first-order valence-electron chi connectivity index (χ1n) is 8.91. The average Bonchev–Trinajstić information content (AvgIpc) is 2.76. The number of ether oxygens (including phenoxy) is 1. The predicted octanol–water partition coefficient (Wildman–Crippen LogP) is 4.01. The second-order valence-electron chi connectivity index (χ2n) is 6.49. The number of aromatic nitrogens is 3. The van der Waals surface area contributed by atoms with Crippen LogP contribution in [0.25, 0.3) is 10.8 Å². The highest BCUT2D eigenvalue weighted by molar-refractivity contribution is 7.93. The van der Waals surface area contributed by atoms with Crippen LogP contribution in [0.4, 0.5) is 15.9 Å². The standard InChI is InChI=1S/C21H17FN4O3S/c1-14-9-19(20(29-2)11-18(14)22)26(21-6-8-24-13-25-21)30(27,28)17-4-3-16-12-23-7-5-15(16)10-17/h3-13H,1-2H3. The molecule has 0 saturated carbocycles. The molecule has 4 aromatic rings. The van der Waals surface area contributed by atoms with Gasteiger partial charge >= 0.3 is 0 Å². The molecule has 2 aromatic heterocycles. The minimum absolute atomic E-state index is 0.0452. The molecule has 7 nitrogen and oxygen atoms in total. The van der Waals surface area contributed by atoms with E-state index in [4.69, 9.17) is 4.74 Å². The molecule has 0 unspecified atom stereocenters. The van der Waals surface area contributed by atoms with Crippen LogP contribution in [0.15, 0.2) is 72.3 Å². The monoisotopic (exact) mass is 424 g/mol. The number of anilines is 2. The van der Waals surface area contributed by atoms with Gasteiger partial charge in [0.1, 0.15) is 23.6 Å². The highest BCUT2D eigenvalue weighted by Gasteiger charge is 2.31. The minimum atomic E-state index is -4.14. The molecule has 0 amide bonds. The normalized spacial score (nSPS) is 11.4. The number of hydrogen-bond donors (Lipinski definition) is 0. The smallest absolute Gasteiger partial charge is 0.270 e. The molecule has 0 aliphatic carbocycles. The lowest BCUT2D eigenvalue weighted by Gasteiger charge is -2.25. The summed E-state index contributed by atoms with van der Waals surface area (Å²) in [7, 11) is -2.79. The number of aryl methyl sites for hydroxylation is 1. The number of benzene rings is 2. The Balaban J connectivity index is 1.97. The van der Waals surface area contributed by atoms with Crippen molar-refractivity contribution in [2.75, 3.05) is 11.4 Å². The van der Waals surface area contributed by atoms with E-state index in [1.165, 1.54) is 37.8 Å². The van der Waals surface area contributed by atoms with Crippen molar-refractivity contribution in [2.45, 2.75) is 11.8 Å². The van der Waals surface area contributed by atoms with Crippen LogP contribution in [-0.4, -0.2) is 30.5 Å². The molecule has 0 aliphatic rings. The minimum Gasteiger partial charge on any atom is -0.494 e. The summed E-state index contributed by atoms with van der Waals surface area (Å²) in [5, 5.41) is 1.52. The van der Waals surface area contributed by atoms with E-state index in [-0.39, 0.29) is 27.7 Å². The summed E-state index contributed by atoms with van der Waals surface area (Å²) in [6, 6.07) is 10.5. The number of rotatable bonds is 5. The molecule has 0 spiro atoms. The molecule has 0 aliphatic heterocycles. The number of hydrogen-bond acceptors (Lipinski definition) is 6. The van der Waals surface area contributed by atoms with E-state index in [1.807, 2.05) is 0 Å². The van der Waals surface area contributed by atoms with Crippen molar-refractivity contribution < 1.29 is 17.5 Å². The maximum absolute atomic E-state index is 14.1. The number of methoxy groups -OCH3 is 1. The van der Waals surface area contributed by atoms with Gasteiger partial charge in [-0.2, -0.15) is 0 Å². The fourth-order valence-electron chi connectivity index (χ4n) is 3.08. The Kier molecular flexibility index (Phi) is 5.04. The molecular weight excluding hydrogens is 407 g/mol. The number of fused-ring (bicyclic) bond motifs is 1. The van der Waals surface area contributed by atoms with Gasteiger partial charge in [-0.25, -0.2) is 27.1 Å². The van der Waals surface area contributed by atoms with Gasteiger partial charge in [-0.05, 0) is 42.1 Å². The Morgan fingerprint density at radius 3 is 2.53 bits per heavy atom. The summed E-state index contributed by atoms with van der Waals surface area (Å²) in [5.41, 5.74) is 0.412. The third-order valence-electron chi connectivity index (χ3n) is 4.60. The first kappa shape index (κ1) is 19.7. The SMILES string of the molecule is COc1cc(F)c(C)cc1N(c1ccncn1)S(=O)(=O)c1ccc2cnccc2c1. The van der Waals surface area contributed by atoms with E-state index in [1.54, 1.807) is 37.5 Å². The van der Waals surface area contributed by atoms with Gasteiger partial charge in [-0.15, -0.1) is 0 Å². The van der Waals surface area contributed by atoms with Gasteiger partial charge in [-0.3, -0.25) is 4.98 Å². The fraction of sp³-hybridized carbons (Fsp3) is 0.0952. The molecule has 152 valence electrons. The van der Waals surface area contributed by atoms with Crippen molar-refractivity contribution in [3.05, 3.63) is 78.8 Å². The van der Waals surface area contributed by atoms with Crippen LogP contribution in [0.2, 0.25) is 0 Å². The first-order chi connectivity index (χ1) is 14.4. The van der Waals surface area contributed by atoms with Crippen LogP contribution in [0.5, 0.6) is 5.75 Å². The van der Waals surface area contributed by atoms with Crippen LogP contribution in [0.3, 0.4) is 0 Å². The van der Waals surface area contributed by atoms with Crippen molar-refractivity contribution in [1.29, 1.82) is 0 Å². The van der Waals surface area contributed by atoms with E-state index in [2.05, 4.69) is 15.0 Å². The lowest BCUT2D eigenvalue weighted by molar-refractivity contribution is 0.412. The Bertz CT molecular complexity index is 1330. The zero-order valence-corrected chi connectivity index (χ0v) is 17.0. The van der Waals surface area contributed by atoms with Gasteiger partial charge in [0.2, 0.25) is 0 Å². The van der Waals surface area contributed by atoms with Gasteiger partial charge in [0.25, 0.3) is 10.0 Å². The lowest BCUT2D eigenvalue weighted by atomic mass is 10.2. The molecule has 0 atom stereocenters. The fourth-order valence-corrected chi connectivity index (χ4v) is 4.56.